The van der Waals surface area contributed by atoms with E-state index in [0.717, 1.165) is 45.1 Å². The normalized spacial score (nSPS) is 20.9. The van der Waals surface area contributed by atoms with Crippen LogP contribution in [0.3, 0.4) is 0 Å². The molecule has 20 heavy (non-hydrogen) atoms. The predicted octanol–water partition coefficient (Wildman–Crippen LogP) is 1.75. The first-order chi connectivity index (χ1) is 9.62. The molecule has 0 unspecified atom stereocenters. The first kappa shape index (κ1) is 13.4. The molecular formula is C13H16F2N2O3. The van der Waals surface area contributed by atoms with Crippen molar-refractivity contribution in [2.24, 2.45) is 0 Å². The van der Waals surface area contributed by atoms with E-state index in [9.17, 15) is 8.78 Å². The Labute approximate surface area is 115 Å². The van der Waals surface area contributed by atoms with Gasteiger partial charge in [-0.2, -0.15) is 0 Å². The van der Waals surface area contributed by atoms with Crippen molar-refractivity contribution in [3.8, 4) is 11.5 Å². The fourth-order valence-corrected chi connectivity index (χ4v) is 2.24. The highest BCUT2D eigenvalue weighted by molar-refractivity contribution is 5.55. The molecule has 2 aliphatic heterocycles. The zero-order chi connectivity index (χ0) is 14.0. The van der Waals surface area contributed by atoms with Gasteiger partial charge in [-0.15, -0.1) is 8.78 Å². The number of anilines is 1. The average molecular weight is 286 g/mol. The molecule has 2 heterocycles. The predicted molar refractivity (Wildman–Crippen MR) is 68.4 cm³/mol. The van der Waals surface area contributed by atoms with E-state index in [1.54, 1.807) is 6.07 Å². The molecule has 5 nitrogen and oxygen atoms in total. The summed E-state index contributed by atoms with van der Waals surface area (Å²) in [4.78, 5) is 2.29. The number of nitrogens with one attached hydrogen (secondary N) is 1. The Bertz CT molecular complexity index is 479. The Morgan fingerprint density at radius 3 is 2.70 bits per heavy atom. The molecular weight excluding hydrogens is 270 g/mol. The fourth-order valence-electron chi connectivity index (χ4n) is 2.24. The Morgan fingerprint density at radius 1 is 1.15 bits per heavy atom. The lowest BCUT2D eigenvalue weighted by Gasteiger charge is -2.26. The van der Waals surface area contributed by atoms with Crippen molar-refractivity contribution < 1.29 is 23.0 Å². The fraction of sp³-hybridized carbons (Fsp3) is 0.538. The summed E-state index contributed by atoms with van der Waals surface area (Å²) in [7, 11) is 0. The molecule has 0 aromatic heterocycles. The summed E-state index contributed by atoms with van der Waals surface area (Å²) in [5.41, 5.74) is 0.735. The van der Waals surface area contributed by atoms with Gasteiger partial charge in [-0.05, 0) is 12.1 Å². The van der Waals surface area contributed by atoms with Crippen LogP contribution in [0.15, 0.2) is 18.2 Å². The molecule has 2 aliphatic rings. The van der Waals surface area contributed by atoms with Gasteiger partial charge >= 0.3 is 6.29 Å². The van der Waals surface area contributed by atoms with E-state index in [0.29, 0.717) is 0 Å². The lowest BCUT2D eigenvalue weighted by molar-refractivity contribution is -0.286. The monoisotopic (exact) mass is 286 g/mol. The minimum absolute atomic E-state index is 0.0615. The molecule has 0 bridgehead atoms. The van der Waals surface area contributed by atoms with Crippen LogP contribution in [0.1, 0.15) is 0 Å². The van der Waals surface area contributed by atoms with Gasteiger partial charge in [0.15, 0.2) is 11.5 Å². The number of fused-ring (bicyclic) bond motifs is 1. The average Bonchev–Trinajstić information content (AvgIpc) is 2.73. The van der Waals surface area contributed by atoms with Crippen molar-refractivity contribution in [2.45, 2.75) is 6.29 Å². The van der Waals surface area contributed by atoms with E-state index in [2.05, 4.69) is 19.7 Å². The number of morpholine rings is 1. The molecule has 7 heteroatoms. The van der Waals surface area contributed by atoms with Crippen LogP contribution in [0.4, 0.5) is 14.5 Å². The van der Waals surface area contributed by atoms with E-state index in [4.69, 9.17) is 4.74 Å². The van der Waals surface area contributed by atoms with E-state index >= 15 is 0 Å². The van der Waals surface area contributed by atoms with Crippen LogP contribution in [-0.4, -0.2) is 50.6 Å². The lowest BCUT2D eigenvalue weighted by atomic mass is 10.3. The molecule has 0 spiro atoms. The number of benzene rings is 1. The van der Waals surface area contributed by atoms with Gasteiger partial charge in [-0.3, -0.25) is 4.90 Å². The molecule has 1 fully saturated rings. The third kappa shape index (κ3) is 3.10. The standard InChI is InChI=1S/C13H16F2N2O3/c14-13(15)19-11-2-1-10(9-12(11)20-13)16-3-4-17-5-7-18-8-6-17/h1-2,9,16H,3-8H2. The maximum atomic E-state index is 12.9. The van der Waals surface area contributed by atoms with E-state index in [1.807, 2.05) is 0 Å². The second-order valence-electron chi connectivity index (χ2n) is 4.71. The van der Waals surface area contributed by atoms with Crippen molar-refractivity contribution in [1.82, 2.24) is 4.90 Å². The SMILES string of the molecule is FC1(F)Oc2ccc(NCCN3CCOCC3)cc2O1. The zero-order valence-corrected chi connectivity index (χ0v) is 10.9. The highest BCUT2D eigenvalue weighted by atomic mass is 19.3. The van der Waals surface area contributed by atoms with Gasteiger partial charge < -0.3 is 19.5 Å². The van der Waals surface area contributed by atoms with Crippen molar-refractivity contribution >= 4 is 5.69 Å². The first-order valence-electron chi connectivity index (χ1n) is 6.56. The number of alkyl halides is 2. The van der Waals surface area contributed by atoms with E-state index < -0.39 is 6.29 Å². The third-order valence-corrected chi connectivity index (χ3v) is 3.26. The maximum absolute atomic E-state index is 12.9. The number of halogens is 2. The number of ether oxygens (including phenoxy) is 3. The Morgan fingerprint density at radius 2 is 1.90 bits per heavy atom. The summed E-state index contributed by atoms with van der Waals surface area (Å²) in [5, 5.41) is 3.19. The first-order valence-corrected chi connectivity index (χ1v) is 6.56. The minimum atomic E-state index is -3.56. The van der Waals surface area contributed by atoms with Gasteiger partial charge in [-0.1, -0.05) is 0 Å². The Balaban J connectivity index is 1.51. The largest absolute Gasteiger partial charge is 0.586 e. The van der Waals surface area contributed by atoms with Gasteiger partial charge in [0, 0.05) is 37.9 Å². The summed E-state index contributed by atoms with van der Waals surface area (Å²) in [5.74, 6) is 0.125. The molecule has 1 aromatic rings. The summed E-state index contributed by atoms with van der Waals surface area (Å²) in [6.07, 6.45) is -3.56. The molecule has 1 N–H and O–H groups in total. The number of rotatable bonds is 4. The van der Waals surface area contributed by atoms with Crippen LogP contribution in [0, 0.1) is 0 Å². The Hall–Kier alpha value is -1.60. The quantitative estimate of drug-likeness (QED) is 0.913. The van der Waals surface area contributed by atoms with Gasteiger partial charge in [0.1, 0.15) is 0 Å². The second-order valence-corrected chi connectivity index (χ2v) is 4.71. The highest BCUT2D eigenvalue weighted by Crippen LogP contribution is 2.42. The van der Waals surface area contributed by atoms with Crippen LogP contribution >= 0.6 is 0 Å². The van der Waals surface area contributed by atoms with Gasteiger partial charge in [0.25, 0.3) is 0 Å². The number of nitrogens with zero attached hydrogens (tertiary/aromatic N) is 1. The van der Waals surface area contributed by atoms with E-state index in [1.165, 1.54) is 12.1 Å². The van der Waals surface area contributed by atoms with Gasteiger partial charge in [0.05, 0.1) is 13.2 Å². The molecule has 0 aliphatic carbocycles. The summed E-state index contributed by atoms with van der Waals surface area (Å²) in [6, 6.07) is 4.70. The van der Waals surface area contributed by atoms with Crippen LogP contribution in [0.5, 0.6) is 11.5 Å². The molecule has 0 atom stereocenters. The van der Waals surface area contributed by atoms with Crippen molar-refractivity contribution in [2.75, 3.05) is 44.7 Å². The van der Waals surface area contributed by atoms with Crippen LogP contribution < -0.4 is 14.8 Å². The lowest BCUT2D eigenvalue weighted by Crippen LogP contribution is -2.38. The number of hydrogen-bond donors (Lipinski definition) is 1. The molecule has 110 valence electrons. The van der Waals surface area contributed by atoms with E-state index in [-0.39, 0.29) is 11.5 Å². The Kier molecular flexibility index (Phi) is 3.62. The molecule has 3 rings (SSSR count). The highest BCUT2D eigenvalue weighted by Gasteiger charge is 2.43. The summed E-state index contributed by atoms with van der Waals surface area (Å²) < 4.78 is 39.8. The van der Waals surface area contributed by atoms with Crippen LogP contribution in [-0.2, 0) is 4.74 Å². The van der Waals surface area contributed by atoms with Crippen molar-refractivity contribution in [3.05, 3.63) is 18.2 Å². The topological polar surface area (TPSA) is 43.0 Å². The molecule has 0 radical (unpaired) electrons. The molecule has 1 saturated heterocycles. The smallest absolute Gasteiger partial charge is 0.395 e. The molecule has 0 amide bonds. The summed E-state index contributed by atoms with van der Waals surface area (Å²) in [6.45, 7) is 4.99. The summed E-state index contributed by atoms with van der Waals surface area (Å²) >= 11 is 0. The molecule has 0 saturated carbocycles. The van der Waals surface area contributed by atoms with Gasteiger partial charge in [-0.25, -0.2) is 0 Å². The van der Waals surface area contributed by atoms with Gasteiger partial charge in [0.2, 0.25) is 0 Å². The zero-order valence-electron chi connectivity index (χ0n) is 10.9. The second kappa shape index (κ2) is 5.41. The molecule has 1 aromatic carbocycles. The van der Waals surface area contributed by atoms with Crippen LogP contribution in [0.2, 0.25) is 0 Å². The van der Waals surface area contributed by atoms with Crippen molar-refractivity contribution in [3.63, 3.8) is 0 Å². The third-order valence-electron chi connectivity index (χ3n) is 3.26. The van der Waals surface area contributed by atoms with Crippen molar-refractivity contribution in [1.29, 1.82) is 0 Å². The van der Waals surface area contributed by atoms with Crippen LogP contribution in [0.25, 0.3) is 0 Å². The minimum Gasteiger partial charge on any atom is -0.395 e. The number of hydrogen-bond acceptors (Lipinski definition) is 5. The maximum Gasteiger partial charge on any atom is 0.586 e.